The minimum absolute atomic E-state index is 0.980. The highest BCUT2D eigenvalue weighted by atomic mass is 32.2. The molecule has 0 nitrogen and oxygen atoms in total. The van der Waals surface area contributed by atoms with E-state index in [1.165, 1.54) is 41.2 Å². The van der Waals surface area contributed by atoms with Crippen molar-refractivity contribution in [2.45, 2.75) is 4.90 Å². The third-order valence-corrected chi connectivity index (χ3v) is 10.4. The van der Waals surface area contributed by atoms with Gasteiger partial charge in [-0.3, -0.25) is 0 Å². The van der Waals surface area contributed by atoms with Crippen LogP contribution in [0.5, 0.6) is 0 Å². The highest BCUT2D eigenvalue weighted by molar-refractivity contribution is 8.35. The van der Waals surface area contributed by atoms with E-state index in [1.54, 1.807) is 0 Å². The van der Waals surface area contributed by atoms with Crippen molar-refractivity contribution in [2.24, 2.45) is 0 Å². The summed E-state index contributed by atoms with van der Waals surface area (Å²) >= 11 is 11.7. The molecule has 0 bridgehead atoms. The van der Waals surface area contributed by atoms with Crippen LogP contribution in [0.1, 0.15) is 27.8 Å². The van der Waals surface area contributed by atoms with Crippen LogP contribution in [0.4, 0.5) is 0 Å². The minimum Gasteiger partial charge on any atom is -0.143 e. The number of thiol groups is 1. The molecule has 0 amide bonds. The lowest BCUT2D eigenvalue weighted by Gasteiger charge is -2.07. The molecule has 3 aromatic carbocycles. The SMILES string of the molecule is Sc1ccc(C=Cc2ccc(C=Cc3ccccc3C3=CSC(=C4SC=CS4)S3)cc2)cc1. The van der Waals surface area contributed by atoms with Gasteiger partial charge >= 0.3 is 0 Å². The number of hydrogen-bond donors (Lipinski definition) is 1. The second kappa shape index (κ2) is 11.0. The Labute approximate surface area is 217 Å². The summed E-state index contributed by atoms with van der Waals surface area (Å²) in [7, 11) is 0. The van der Waals surface area contributed by atoms with E-state index in [2.05, 4.69) is 114 Å². The van der Waals surface area contributed by atoms with E-state index in [0.29, 0.717) is 0 Å². The molecule has 0 radical (unpaired) electrons. The molecule has 0 unspecified atom stereocenters. The first-order chi connectivity index (χ1) is 16.2. The zero-order chi connectivity index (χ0) is 22.5. The van der Waals surface area contributed by atoms with Crippen LogP contribution in [0, 0.1) is 0 Å². The topological polar surface area (TPSA) is 0 Å². The Morgan fingerprint density at radius 3 is 1.82 bits per heavy atom. The summed E-state index contributed by atoms with van der Waals surface area (Å²) in [6.45, 7) is 0. The Kier molecular flexibility index (Phi) is 7.64. The highest BCUT2D eigenvalue weighted by Gasteiger charge is 2.20. The summed E-state index contributed by atoms with van der Waals surface area (Å²) in [6, 6.07) is 25.4. The van der Waals surface area contributed by atoms with Crippen molar-refractivity contribution in [3.8, 4) is 0 Å². The number of thioether (sulfide) groups is 4. The monoisotopic (exact) mass is 516 g/mol. The average molecular weight is 517 g/mol. The third-order valence-electron chi connectivity index (χ3n) is 5.03. The van der Waals surface area contributed by atoms with Crippen LogP contribution in [0.15, 0.2) is 102 Å². The lowest BCUT2D eigenvalue weighted by atomic mass is 10.0. The van der Waals surface area contributed by atoms with E-state index in [0.717, 1.165) is 4.90 Å². The van der Waals surface area contributed by atoms with Crippen LogP contribution < -0.4 is 0 Å². The summed E-state index contributed by atoms with van der Waals surface area (Å²) in [4.78, 5) is 2.30. The number of benzene rings is 3. The van der Waals surface area contributed by atoms with Crippen LogP contribution in [-0.4, -0.2) is 0 Å². The second-order valence-corrected chi connectivity index (χ2v) is 12.1. The molecule has 0 spiro atoms. The van der Waals surface area contributed by atoms with Crippen molar-refractivity contribution in [1.29, 1.82) is 0 Å². The smallest absolute Gasteiger partial charge is 0.0700 e. The van der Waals surface area contributed by atoms with Gasteiger partial charge in [-0.25, -0.2) is 0 Å². The third kappa shape index (κ3) is 5.97. The zero-order valence-electron chi connectivity index (χ0n) is 17.5. The van der Waals surface area contributed by atoms with Crippen LogP contribution in [0.3, 0.4) is 0 Å². The quantitative estimate of drug-likeness (QED) is 0.264. The van der Waals surface area contributed by atoms with Gasteiger partial charge in [0.1, 0.15) is 0 Å². The molecule has 0 aromatic heterocycles. The summed E-state index contributed by atoms with van der Waals surface area (Å²) in [5.74, 6) is 0. The van der Waals surface area contributed by atoms with Crippen LogP contribution >= 0.6 is 59.7 Å². The van der Waals surface area contributed by atoms with Crippen LogP contribution in [-0.2, 0) is 0 Å². The molecular weight excluding hydrogens is 497 g/mol. The van der Waals surface area contributed by atoms with Gasteiger partial charge in [-0.1, -0.05) is 132 Å². The fraction of sp³-hybridized carbons (Fsp3) is 0. The van der Waals surface area contributed by atoms with Gasteiger partial charge in [0, 0.05) is 9.80 Å². The van der Waals surface area contributed by atoms with Gasteiger partial charge in [0.25, 0.3) is 0 Å². The van der Waals surface area contributed by atoms with Crippen molar-refractivity contribution in [3.05, 3.63) is 125 Å². The average Bonchev–Trinajstić information content (AvgIpc) is 3.56. The Bertz CT molecular complexity index is 1280. The molecule has 0 saturated heterocycles. The molecule has 2 aliphatic heterocycles. The Morgan fingerprint density at radius 2 is 1.15 bits per heavy atom. The summed E-state index contributed by atoms with van der Waals surface area (Å²) in [5, 5.41) is 6.59. The van der Waals surface area contributed by atoms with Gasteiger partial charge in [-0.05, 0) is 56.2 Å². The minimum atomic E-state index is 0.980. The molecule has 0 fully saturated rings. The molecule has 0 aliphatic carbocycles. The first-order valence-electron chi connectivity index (χ1n) is 10.4. The normalized spacial score (nSPS) is 15.8. The molecule has 0 atom stereocenters. The van der Waals surface area contributed by atoms with Gasteiger partial charge in [-0.2, -0.15) is 0 Å². The molecule has 0 saturated carbocycles. The van der Waals surface area contributed by atoms with Gasteiger partial charge in [0.15, 0.2) is 0 Å². The van der Waals surface area contributed by atoms with Gasteiger partial charge < -0.3 is 0 Å². The highest BCUT2D eigenvalue weighted by Crippen LogP contribution is 2.56. The van der Waals surface area contributed by atoms with Crippen LogP contribution in [0.2, 0.25) is 0 Å². The summed E-state index contributed by atoms with van der Waals surface area (Å²) in [5.41, 5.74) is 6.08. The summed E-state index contributed by atoms with van der Waals surface area (Å²) < 4.78 is 2.77. The first-order valence-corrected chi connectivity index (χ1v) is 14.3. The number of hydrogen-bond acceptors (Lipinski definition) is 5. The maximum absolute atomic E-state index is 4.34. The van der Waals surface area contributed by atoms with E-state index in [4.69, 9.17) is 0 Å². The van der Waals surface area contributed by atoms with E-state index < -0.39 is 0 Å². The van der Waals surface area contributed by atoms with Crippen molar-refractivity contribution in [1.82, 2.24) is 0 Å². The van der Waals surface area contributed by atoms with Crippen molar-refractivity contribution in [2.75, 3.05) is 0 Å². The molecule has 2 heterocycles. The molecule has 162 valence electrons. The van der Waals surface area contributed by atoms with Crippen molar-refractivity contribution < 1.29 is 0 Å². The Hall–Kier alpha value is -1.89. The molecule has 33 heavy (non-hydrogen) atoms. The van der Waals surface area contributed by atoms with Gasteiger partial charge in [0.2, 0.25) is 0 Å². The maximum atomic E-state index is 4.34. The lowest BCUT2D eigenvalue weighted by molar-refractivity contribution is 1.46. The Morgan fingerprint density at radius 1 is 0.576 bits per heavy atom. The first kappa shape index (κ1) is 22.9. The van der Waals surface area contributed by atoms with Gasteiger partial charge in [-0.15, -0.1) is 12.6 Å². The lowest BCUT2D eigenvalue weighted by Crippen LogP contribution is -1.84. The Balaban J connectivity index is 1.28. The van der Waals surface area contributed by atoms with Gasteiger partial charge in [0.05, 0.1) is 8.47 Å². The van der Waals surface area contributed by atoms with E-state index in [1.807, 2.05) is 59.2 Å². The van der Waals surface area contributed by atoms with Crippen LogP contribution in [0.25, 0.3) is 29.2 Å². The molecule has 0 N–H and O–H groups in total. The number of rotatable bonds is 5. The second-order valence-electron chi connectivity index (χ2n) is 7.30. The predicted octanol–water partition coefficient (Wildman–Crippen LogP) is 10.2. The molecule has 5 heteroatoms. The van der Waals surface area contributed by atoms with E-state index in [9.17, 15) is 0 Å². The molecule has 2 aliphatic rings. The maximum Gasteiger partial charge on any atom is 0.0700 e. The molecule has 5 rings (SSSR count). The largest absolute Gasteiger partial charge is 0.143 e. The zero-order valence-corrected chi connectivity index (χ0v) is 21.7. The predicted molar refractivity (Wildman–Crippen MR) is 159 cm³/mol. The summed E-state index contributed by atoms with van der Waals surface area (Å²) in [6.07, 6.45) is 8.68. The fourth-order valence-electron chi connectivity index (χ4n) is 3.32. The standard InChI is InChI=1S/C28H20S5/c29-24-15-12-22(13-16-24)10-7-20-5-8-21(9-6-20)11-14-23-3-1-2-4-25(23)26-19-32-28(33-26)27-30-17-18-31-27/h1-19,29H. The fourth-order valence-corrected chi connectivity index (χ4v) is 7.98. The van der Waals surface area contributed by atoms with Crippen molar-refractivity contribution in [3.63, 3.8) is 0 Å². The van der Waals surface area contributed by atoms with Crippen molar-refractivity contribution >= 4 is 88.9 Å². The van der Waals surface area contributed by atoms with E-state index >= 15 is 0 Å². The molecular formula is C28H20S5. The molecule has 3 aromatic rings. The van der Waals surface area contributed by atoms with E-state index in [-0.39, 0.29) is 0 Å².